The number of fused-ring (bicyclic) bond motifs is 2. The summed E-state index contributed by atoms with van der Waals surface area (Å²) in [6.45, 7) is 1.70. The molecule has 3 aromatic carbocycles. The van der Waals surface area contributed by atoms with Crippen molar-refractivity contribution in [3.8, 4) is 0 Å². The van der Waals surface area contributed by atoms with E-state index < -0.39 is 29.3 Å². The van der Waals surface area contributed by atoms with Gasteiger partial charge < -0.3 is 15.7 Å². The van der Waals surface area contributed by atoms with Crippen LogP contribution in [0.3, 0.4) is 0 Å². The Kier molecular flexibility index (Phi) is 5.30. The number of β-amino-alcohol motifs (C(OH)–C–C–N with tert-alkyl or cyclic N) is 1. The normalized spacial score (nSPS) is 20.7. The van der Waals surface area contributed by atoms with Crippen LogP contribution < -0.4 is 15.5 Å². The first-order valence-electron chi connectivity index (χ1n) is 10.7. The van der Waals surface area contributed by atoms with Gasteiger partial charge in [-0.25, -0.2) is 13.6 Å². The lowest BCUT2D eigenvalue weighted by Gasteiger charge is -2.24. The molecule has 0 fully saturated rings. The number of hydrogen-bond donors (Lipinski definition) is 3. The predicted molar refractivity (Wildman–Crippen MR) is 124 cm³/mol. The quantitative estimate of drug-likeness (QED) is 0.484. The Labute approximate surface area is 199 Å². The number of benzene rings is 3. The Morgan fingerprint density at radius 3 is 2.71 bits per heavy atom. The molecule has 9 heteroatoms. The number of aliphatic hydroxyl groups is 1. The highest BCUT2D eigenvalue weighted by atomic mass is 35.5. The molecule has 0 saturated carbocycles. The minimum atomic E-state index is -1.39. The summed E-state index contributed by atoms with van der Waals surface area (Å²) in [7, 11) is 0. The topological polar surface area (TPSA) is 81.7 Å². The van der Waals surface area contributed by atoms with Crippen molar-refractivity contribution in [3.05, 3.63) is 93.5 Å². The maximum Gasteiger partial charge on any atom is 0.326 e. The summed E-state index contributed by atoms with van der Waals surface area (Å²) < 4.78 is 27.8. The Balaban J connectivity index is 1.53. The van der Waals surface area contributed by atoms with E-state index in [1.807, 2.05) is 0 Å². The zero-order valence-electron chi connectivity index (χ0n) is 18.0. The van der Waals surface area contributed by atoms with Crippen molar-refractivity contribution in [3.63, 3.8) is 0 Å². The van der Waals surface area contributed by atoms with Gasteiger partial charge in [-0.15, -0.1) is 0 Å². The number of amides is 3. The van der Waals surface area contributed by atoms with E-state index >= 15 is 0 Å². The summed E-state index contributed by atoms with van der Waals surface area (Å²) in [6, 6.07) is 11.3. The fraction of sp³-hybridized carbons (Fsp3) is 0.200. The Bertz CT molecular complexity index is 1350. The maximum absolute atomic E-state index is 14.0. The first-order chi connectivity index (χ1) is 16.2. The highest BCUT2D eigenvalue weighted by Crippen LogP contribution is 2.43. The average Bonchev–Trinajstić information content (AvgIpc) is 3.31. The second-order valence-corrected chi connectivity index (χ2v) is 8.81. The molecular formula is C25H20ClF2N3O3. The highest BCUT2D eigenvalue weighted by Gasteiger charge is 2.43. The van der Waals surface area contributed by atoms with E-state index in [9.17, 15) is 23.5 Å². The molecular weight excluding hydrogens is 464 g/mol. The van der Waals surface area contributed by atoms with Gasteiger partial charge in [-0.05, 0) is 55.0 Å². The van der Waals surface area contributed by atoms with Gasteiger partial charge in [0, 0.05) is 33.0 Å². The van der Waals surface area contributed by atoms with E-state index in [0.717, 1.165) is 0 Å². The zero-order valence-corrected chi connectivity index (χ0v) is 18.8. The summed E-state index contributed by atoms with van der Waals surface area (Å²) in [6.07, 6.45) is 0.284. The number of nitrogens with one attached hydrogen (secondary N) is 2. The summed E-state index contributed by atoms with van der Waals surface area (Å²) >= 11 is 6.30. The fourth-order valence-electron chi connectivity index (χ4n) is 4.65. The first kappa shape index (κ1) is 22.3. The summed E-state index contributed by atoms with van der Waals surface area (Å²) in [5.41, 5.74) is 0.830. The second kappa shape index (κ2) is 8.07. The number of carbonyl (C=O) groups is 2. The molecule has 0 radical (unpaired) electrons. The van der Waals surface area contributed by atoms with Crippen LogP contribution in [0.4, 0.5) is 25.0 Å². The Hall–Kier alpha value is -3.49. The lowest BCUT2D eigenvalue weighted by molar-refractivity contribution is 0.0503. The molecule has 6 nitrogen and oxygen atoms in total. The number of anilines is 2. The van der Waals surface area contributed by atoms with Crippen molar-refractivity contribution >= 4 is 34.9 Å². The molecule has 3 aromatic rings. The molecule has 0 saturated heterocycles. The molecule has 3 amide bonds. The van der Waals surface area contributed by atoms with Gasteiger partial charge in [-0.3, -0.25) is 9.69 Å². The van der Waals surface area contributed by atoms with Crippen molar-refractivity contribution in [2.24, 2.45) is 0 Å². The van der Waals surface area contributed by atoms with Crippen LogP contribution in [0.25, 0.3) is 0 Å². The van der Waals surface area contributed by atoms with Crippen LogP contribution in [0.2, 0.25) is 5.02 Å². The summed E-state index contributed by atoms with van der Waals surface area (Å²) in [4.78, 5) is 27.3. The SMILES string of the molecule is CC[C@]1(O)CN(C(=O)Nc2cccc3c2[C@H](c2cc(F)ccc2Cl)NC3=O)c2ccc(F)cc21. The van der Waals surface area contributed by atoms with Crippen LogP contribution in [-0.4, -0.2) is 23.6 Å². The monoisotopic (exact) mass is 483 g/mol. The minimum absolute atomic E-state index is 0.0561. The smallest absolute Gasteiger partial charge is 0.326 e. The number of nitrogens with zero attached hydrogens (tertiary/aromatic N) is 1. The van der Waals surface area contributed by atoms with Crippen LogP contribution >= 0.6 is 11.6 Å². The predicted octanol–water partition coefficient (Wildman–Crippen LogP) is 5.10. The van der Waals surface area contributed by atoms with Gasteiger partial charge >= 0.3 is 6.03 Å². The lowest BCUT2D eigenvalue weighted by Crippen LogP contribution is -2.39. The van der Waals surface area contributed by atoms with Crippen LogP contribution in [-0.2, 0) is 5.60 Å². The van der Waals surface area contributed by atoms with Crippen LogP contribution in [0, 0.1) is 11.6 Å². The van der Waals surface area contributed by atoms with E-state index in [1.165, 1.54) is 41.3 Å². The van der Waals surface area contributed by atoms with Crippen LogP contribution in [0.1, 0.15) is 46.4 Å². The zero-order chi connectivity index (χ0) is 24.2. The third-order valence-corrected chi connectivity index (χ3v) is 6.77. The molecule has 174 valence electrons. The molecule has 34 heavy (non-hydrogen) atoms. The van der Waals surface area contributed by atoms with Crippen molar-refractivity contribution < 1.29 is 23.5 Å². The number of urea groups is 1. The lowest BCUT2D eigenvalue weighted by atomic mass is 9.93. The average molecular weight is 484 g/mol. The van der Waals surface area contributed by atoms with Crippen molar-refractivity contribution in [2.75, 3.05) is 16.8 Å². The third-order valence-electron chi connectivity index (χ3n) is 6.43. The molecule has 3 N–H and O–H groups in total. The van der Waals surface area contributed by atoms with Crippen molar-refractivity contribution in [1.29, 1.82) is 0 Å². The highest BCUT2D eigenvalue weighted by molar-refractivity contribution is 6.31. The van der Waals surface area contributed by atoms with E-state index in [-0.39, 0.29) is 23.9 Å². The van der Waals surface area contributed by atoms with Gasteiger partial charge in [0.2, 0.25) is 0 Å². The van der Waals surface area contributed by atoms with E-state index in [1.54, 1.807) is 25.1 Å². The van der Waals surface area contributed by atoms with Crippen molar-refractivity contribution in [2.45, 2.75) is 25.0 Å². The molecule has 2 atom stereocenters. The van der Waals surface area contributed by atoms with Gasteiger partial charge in [0.15, 0.2) is 0 Å². The van der Waals surface area contributed by atoms with E-state index in [2.05, 4.69) is 10.6 Å². The Morgan fingerprint density at radius 1 is 1.21 bits per heavy atom. The molecule has 2 aliphatic heterocycles. The third kappa shape index (κ3) is 3.50. The van der Waals surface area contributed by atoms with Gasteiger partial charge in [-0.1, -0.05) is 24.6 Å². The fourth-order valence-corrected chi connectivity index (χ4v) is 4.87. The molecule has 2 heterocycles. The second-order valence-electron chi connectivity index (χ2n) is 8.40. The first-order valence-corrected chi connectivity index (χ1v) is 11.1. The number of carbonyl (C=O) groups excluding carboxylic acids is 2. The van der Waals surface area contributed by atoms with E-state index in [0.29, 0.717) is 33.6 Å². The molecule has 0 aromatic heterocycles. The molecule has 0 unspecified atom stereocenters. The minimum Gasteiger partial charge on any atom is -0.383 e. The summed E-state index contributed by atoms with van der Waals surface area (Å²) in [5.74, 6) is -1.39. The van der Waals surface area contributed by atoms with Gasteiger partial charge in [0.25, 0.3) is 5.91 Å². The Morgan fingerprint density at radius 2 is 1.94 bits per heavy atom. The number of rotatable bonds is 3. The maximum atomic E-state index is 14.0. The summed E-state index contributed by atoms with van der Waals surface area (Å²) in [5, 5.41) is 16.9. The van der Waals surface area contributed by atoms with Gasteiger partial charge in [0.1, 0.15) is 17.2 Å². The molecule has 0 spiro atoms. The number of hydrogen-bond acceptors (Lipinski definition) is 3. The number of halogens is 3. The van der Waals surface area contributed by atoms with E-state index in [4.69, 9.17) is 11.6 Å². The molecule has 0 bridgehead atoms. The largest absolute Gasteiger partial charge is 0.383 e. The molecule has 0 aliphatic carbocycles. The molecule has 2 aliphatic rings. The van der Waals surface area contributed by atoms with Crippen molar-refractivity contribution in [1.82, 2.24) is 5.32 Å². The van der Waals surface area contributed by atoms with Crippen LogP contribution in [0.15, 0.2) is 54.6 Å². The van der Waals surface area contributed by atoms with Gasteiger partial charge in [0.05, 0.1) is 18.3 Å². The van der Waals surface area contributed by atoms with Crippen LogP contribution in [0.5, 0.6) is 0 Å². The molecule has 5 rings (SSSR count). The standard InChI is InChI=1S/C25H20ClF2N3O3/c1-2-25(34)12-31(20-9-7-14(28)11-17(20)25)24(33)29-19-5-3-4-15-21(19)22(30-23(15)32)16-10-13(27)6-8-18(16)26/h3-11,22,34H,2,12H2,1H3,(H,29,33)(H,30,32)/t22-,25-/m0/s1. The van der Waals surface area contributed by atoms with Gasteiger partial charge in [-0.2, -0.15) is 0 Å².